The first-order valence-electron chi connectivity index (χ1n) is 26.7. The second-order valence-corrected chi connectivity index (χ2v) is 71.7. The van der Waals surface area contributed by atoms with Crippen LogP contribution in [0.1, 0.15) is 163 Å². The summed E-state index contributed by atoms with van der Waals surface area (Å²) in [7, 11) is -20.3. The molecule has 1 saturated carbocycles. The van der Waals surface area contributed by atoms with E-state index in [1.807, 2.05) is 0 Å². The van der Waals surface area contributed by atoms with Crippen LogP contribution >= 0.6 is 0 Å². The third-order valence-corrected chi connectivity index (χ3v) is 66.7. The van der Waals surface area contributed by atoms with Gasteiger partial charge in [-0.25, -0.2) is 0 Å². The van der Waals surface area contributed by atoms with Gasteiger partial charge in [0.2, 0.25) is 0 Å². The number of hydrogen-bond donors (Lipinski definition) is 0. The molecule has 0 bridgehead atoms. The molecule has 0 aromatic rings. The quantitative estimate of drug-likeness (QED) is 0.107. The van der Waals surface area contributed by atoms with Crippen molar-refractivity contribution < 1.29 is 24.7 Å². The highest BCUT2D eigenvalue weighted by atomic mass is 28.5. The average molecular weight is 1080 g/mol. The van der Waals surface area contributed by atoms with Crippen LogP contribution in [0.25, 0.3) is 0 Å². The highest BCUT2D eigenvalue weighted by Crippen LogP contribution is 2.50. The molecular formula is C51H120O6Si9. The van der Waals surface area contributed by atoms with Gasteiger partial charge < -0.3 is 24.7 Å². The molecule has 1 aliphatic rings. The van der Waals surface area contributed by atoms with Gasteiger partial charge in [-0.05, 0) is 196 Å². The zero-order chi connectivity index (χ0) is 52.8. The van der Waals surface area contributed by atoms with Gasteiger partial charge in [0.25, 0.3) is 0 Å². The molecule has 0 aromatic carbocycles. The summed E-state index contributed by atoms with van der Waals surface area (Å²) < 4.78 is 45.6. The first-order chi connectivity index (χ1) is 28.5. The predicted octanol–water partition coefficient (Wildman–Crippen LogP) is 19.5. The minimum absolute atomic E-state index is 0.120. The Morgan fingerprint density at radius 1 is 0.288 bits per heavy atom. The first kappa shape index (κ1) is 65.7. The second-order valence-electron chi connectivity index (χ2n) is 31.4. The van der Waals surface area contributed by atoms with Crippen molar-refractivity contribution in [2.45, 2.75) is 310 Å². The normalized spacial score (nSPS) is 20.6. The van der Waals surface area contributed by atoms with Gasteiger partial charge in [-0.3, -0.25) is 0 Å². The molecular weight excluding hydrogens is 961 g/mol. The Labute approximate surface area is 425 Å². The van der Waals surface area contributed by atoms with Gasteiger partial charge in [0.15, 0.2) is 49.9 Å². The fourth-order valence-corrected chi connectivity index (χ4v) is 48.4. The topological polar surface area (TPSA) is 55.4 Å². The average Bonchev–Trinajstić information content (AvgIpc) is 3.01. The minimum Gasteiger partial charge on any atom is -0.436 e. The Morgan fingerprint density at radius 2 is 0.485 bits per heavy atom. The van der Waals surface area contributed by atoms with Crippen LogP contribution in [0.4, 0.5) is 0 Å². The van der Waals surface area contributed by atoms with Crippen LogP contribution in [0.2, 0.25) is 147 Å². The summed E-state index contributed by atoms with van der Waals surface area (Å²) in [4.78, 5) is 0. The maximum absolute atomic E-state index is 7.65. The minimum atomic E-state index is -2.61. The van der Waals surface area contributed by atoms with Gasteiger partial charge in [0, 0.05) is 0 Å². The molecule has 15 heteroatoms. The second kappa shape index (κ2) is 21.5. The lowest BCUT2D eigenvalue weighted by molar-refractivity contribution is 0.159. The molecule has 0 saturated heterocycles. The predicted molar refractivity (Wildman–Crippen MR) is 317 cm³/mol. The van der Waals surface area contributed by atoms with Crippen LogP contribution in [-0.2, 0) is 24.7 Å². The van der Waals surface area contributed by atoms with E-state index in [0.717, 1.165) is 18.1 Å². The maximum atomic E-state index is 7.65. The van der Waals surface area contributed by atoms with Crippen LogP contribution in [0.15, 0.2) is 0 Å². The van der Waals surface area contributed by atoms with Gasteiger partial charge in [-0.2, -0.15) is 0 Å². The van der Waals surface area contributed by atoms with Gasteiger partial charge >= 0.3 is 25.7 Å². The molecule has 0 heterocycles. The fraction of sp³-hybridized carbons (Fsp3) is 1.00. The van der Waals surface area contributed by atoms with E-state index >= 15 is 0 Å². The summed E-state index contributed by atoms with van der Waals surface area (Å²) in [6.45, 7) is 79.6. The molecule has 1 aliphatic carbocycles. The lowest BCUT2D eigenvalue weighted by Crippen LogP contribution is -2.59. The van der Waals surface area contributed by atoms with E-state index in [4.69, 9.17) is 24.7 Å². The van der Waals surface area contributed by atoms with Crippen molar-refractivity contribution in [2.24, 2.45) is 17.8 Å². The number of rotatable bonds is 21. The van der Waals surface area contributed by atoms with Crippen molar-refractivity contribution in [2.75, 3.05) is 0 Å². The molecule has 0 spiro atoms. The zero-order valence-corrected chi connectivity index (χ0v) is 60.0. The summed E-state index contributed by atoms with van der Waals surface area (Å²) in [5.74, 6) is 1.90. The number of hydrogen-bond acceptors (Lipinski definition) is 6. The Balaban J connectivity index is 3.89. The van der Waals surface area contributed by atoms with Crippen LogP contribution in [0, 0.1) is 17.8 Å². The van der Waals surface area contributed by atoms with E-state index in [0.29, 0.717) is 17.8 Å². The molecule has 3 atom stereocenters. The molecule has 0 N–H and O–H groups in total. The van der Waals surface area contributed by atoms with Crippen molar-refractivity contribution in [3.8, 4) is 0 Å². The standard InChI is InChI=1S/C51H120O6Si9/c1-46(2,3)58(19,20)52-64(31,53-59(21,22)47(4,5)6)39-36-43-34-35-44(37-40-65(32,54-60(23,24)48(7,8)9)55-61(25,26)49(10,11)12)45(42-43)38-41-66(33,56-62(27,28)50(13,14)15)57-63(29,30)51(16,17)18/h43-45H,34-42H2,1-33H3. The third-order valence-electron chi connectivity index (χ3n) is 18.9. The summed E-state index contributed by atoms with van der Waals surface area (Å²) in [5, 5.41) is 0.768. The smallest absolute Gasteiger partial charge is 0.314 e. The molecule has 3 unspecified atom stereocenters. The molecule has 0 aliphatic heterocycles. The van der Waals surface area contributed by atoms with E-state index in [-0.39, 0.29) is 30.2 Å². The van der Waals surface area contributed by atoms with Gasteiger partial charge in [-0.1, -0.05) is 131 Å². The van der Waals surface area contributed by atoms with Gasteiger partial charge in [-0.15, -0.1) is 0 Å². The van der Waals surface area contributed by atoms with Crippen molar-refractivity contribution >= 4 is 75.6 Å². The Hall–Kier alpha value is 1.71. The van der Waals surface area contributed by atoms with E-state index < -0.39 is 75.6 Å². The van der Waals surface area contributed by atoms with Crippen molar-refractivity contribution in [3.05, 3.63) is 0 Å². The molecule has 1 fully saturated rings. The highest BCUT2D eigenvalue weighted by Gasteiger charge is 2.54. The first-order valence-corrected chi connectivity index (χ1v) is 51.7. The van der Waals surface area contributed by atoms with Gasteiger partial charge in [0.1, 0.15) is 0 Å². The van der Waals surface area contributed by atoms with Crippen LogP contribution < -0.4 is 0 Å². The molecule has 396 valence electrons. The zero-order valence-electron chi connectivity index (χ0n) is 51.0. The lowest BCUT2D eigenvalue weighted by Gasteiger charge is -2.50. The van der Waals surface area contributed by atoms with Crippen molar-refractivity contribution in [1.82, 2.24) is 0 Å². The summed E-state index contributed by atoms with van der Waals surface area (Å²) in [5.41, 5.74) is 0. The lowest BCUT2D eigenvalue weighted by atomic mass is 9.71. The molecule has 0 radical (unpaired) electrons. The van der Waals surface area contributed by atoms with Crippen molar-refractivity contribution in [3.63, 3.8) is 0 Å². The van der Waals surface area contributed by atoms with Gasteiger partial charge in [0.05, 0.1) is 0 Å². The molecule has 0 amide bonds. The molecule has 1 rings (SSSR count). The largest absolute Gasteiger partial charge is 0.436 e. The summed E-state index contributed by atoms with van der Waals surface area (Å²) in [6, 6.07) is 3.21. The van der Waals surface area contributed by atoms with Crippen molar-refractivity contribution in [1.29, 1.82) is 0 Å². The van der Waals surface area contributed by atoms with Crippen LogP contribution in [0.5, 0.6) is 0 Å². The Bertz CT molecular complexity index is 1450. The summed E-state index contributed by atoms with van der Waals surface area (Å²) in [6.07, 6.45) is 7.38. The SMILES string of the molecule is CC(C)(C)[Si](C)(C)O[Si](C)(CCC1CCC(CC[Si](C)(O[Si](C)(C)C(C)(C)C)O[Si](C)(C)C(C)(C)C)C(CC[Si](C)(O[Si](C)(C)C(C)(C)C)O[Si](C)(C)C(C)(C)C)C1)O[Si](C)(C)C(C)(C)C. The fourth-order valence-electron chi connectivity index (χ4n) is 8.31. The van der Waals surface area contributed by atoms with Crippen LogP contribution in [0.3, 0.4) is 0 Å². The third kappa shape index (κ3) is 18.3. The van der Waals surface area contributed by atoms with E-state index in [1.54, 1.807) is 0 Å². The van der Waals surface area contributed by atoms with E-state index in [9.17, 15) is 0 Å². The molecule has 0 aromatic heterocycles. The Kier molecular flexibility index (Phi) is 21.4. The summed E-state index contributed by atoms with van der Waals surface area (Å²) >= 11 is 0. The van der Waals surface area contributed by atoms with Crippen LogP contribution in [-0.4, -0.2) is 75.6 Å². The van der Waals surface area contributed by atoms with E-state index in [1.165, 1.54) is 38.5 Å². The van der Waals surface area contributed by atoms with E-state index in [2.05, 4.69) is 223 Å². The molecule has 66 heavy (non-hydrogen) atoms. The molecule has 6 nitrogen and oxygen atoms in total. The highest BCUT2D eigenvalue weighted by molar-refractivity contribution is 6.92. The Morgan fingerprint density at radius 3 is 0.697 bits per heavy atom. The maximum Gasteiger partial charge on any atom is 0.314 e. The monoisotopic (exact) mass is 1080 g/mol.